The summed E-state index contributed by atoms with van der Waals surface area (Å²) in [7, 11) is 0. The van der Waals surface area contributed by atoms with E-state index in [1.54, 1.807) is 24.3 Å². The molecule has 20 heavy (non-hydrogen) atoms. The van der Waals surface area contributed by atoms with Gasteiger partial charge in [-0.3, -0.25) is 5.32 Å². The van der Waals surface area contributed by atoms with Crippen molar-refractivity contribution in [3.63, 3.8) is 0 Å². The number of nitriles is 1. The van der Waals surface area contributed by atoms with Gasteiger partial charge in [-0.05, 0) is 37.1 Å². The van der Waals surface area contributed by atoms with Gasteiger partial charge < -0.3 is 10.2 Å². The average molecular weight is 291 g/mol. The van der Waals surface area contributed by atoms with Crippen LogP contribution in [0.1, 0.15) is 12.8 Å². The summed E-state index contributed by atoms with van der Waals surface area (Å²) in [5.41, 5.74) is 0.643. The molecule has 6 heteroatoms. The number of urea groups is 1. The lowest BCUT2D eigenvalue weighted by atomic mass is 10.3. The monoisotopic (exact) mass is 290 g/mol. The van der Waals surface area contributed by atoms with Crippen LogP contribution in [0.2, 0.25) is 5.02 Å². The van der Waals surface area contributed by atoms with E-state index in [2.05, 4.69) is 10.6 Å². The zero-order chi connectivity index (χ0) is 14.4. The second-order valence-corrected chi connectivity index (χ2v) is 4.88. The summed E-state index contributed by atoms with van der Waals surface area (Å²) in [5.74, 6) is 0.538. The van der Waals surface area contributed by atoms with E-state index in [1.807, 2.05) is 11.0 Å². The first-order valence-corrected chi connectivity index (χ1v) is 6.75. The van der Waals surface area contributed by atoms with Crippen LogP contribution >= 0.6 is 11.6 Å². The van der Waals surface area contributed by atoms with Gasteiger partial charge in [-0.1, -0.05) is 11.6 Å². The topological polar surface area (TPSA) is 68.2 Å². The van der Waals surface area contributed by atoms with Gasteiger partial charge in [-0.2, -0.15) is 5.26 Å². The summed E-state index contributed by atoms with van der Waals surface area (Å²) in [6, 6.07) is 8.41. The predicted octanol–water partition coefficient (Wildman–Crippen LogP) is 2.92. The van der Waals surface area contributed by atoms with E-state index in [-0.39, 0.29) is 6.03 Å². The predicted molar refractivity (Wildman–Crippen MR) is 78.1 cm³/mol. The van der Waals surface area contributed by atoms with Crippen LogP contribution in [0.5, 0.6) is 0 Å². The lowest BCUT2D eigenvalue weighted by Crippen LogP contribution is -2.36. The van der Waals surface area contributed by atoms with Crippen molar-refractivity contribution >= 4 is 23.3 Å². The van der Waals surface area contributed by atoms with Crippen molar-refractivity contribution in [1.82, 2.24) is 10.2 Å². The standard InChI is InChI=1S/C14H15ClN4O/c15-11-3-5-12(6-4-11)17-14(20)18-13(7-8-16)19-9-1-2-10-19/h3-7H,1-2,9-10H2,(H2,17,18,20)/b13-7-. The molecule has 2 N–H and O–H groups in total. The third kappa shape index (κ3) is 3.90. The number of carbonyl (C=O) groups excluding carboxylic acids is 1. The molecule has 1 aromatic rings. The molecule has 1 aromatic carbocycles. The fraction of sp³-hybridized carbons (Fsp3) is 0.286. The van der Waals surface area contributed by atoms with Crippen LogP contribution in [-0.2, 0) is 0 Å². The van der Waals surface area contributed by atoms with Gasteiger partial charge in [0.25, 0.3) is 0 Å². The quantitative estimate of drug-likeness (QED) is 0.841. The summed E-state index contributed by atoms with van der Waals surface area (Å²) in [4.78, 5) is 13.9. The molecular formula is C14H15ClN4O. The van der Waals surface area contributed by atoms with Crippen molar-refractivity contribution < 1.29 is 4.79 Å². The Bertz CT molecular complexity index is 541. The number of hydrogen-bond acceptors (Lipinski definition) is 3. The lowest BCUT2D eigenvalue weighted by molar-refractivity contribution is 0.250. The molecule has 2 rings (SSSR count). The minimum Gasteiger partial charge on any atom is -0.357 e. The van der Waals surface area contributed by atoms with Gasteiger partial charge in [0.05, 0.1) is 12.1 Å². The van der Waals surface area contributed by atoms with Crippen LogP contribution < -0.4 is 10.6 Å². The SMILES string of the molecule is N#C/C=C(/NC(=O)Nc1ccc(Cl)cc1)N1CCCC1. The van der Waals surface area contributed by atoms with Gasteiger partial charge in [0.15, 0.2) is 0 Å². The van der Waals surface area contributed by atoms with E-state index >= 15 is 0 Å². The zero-order valence-electron chi connectivity index (χ0n) is 10.9. The summed E-state index contributed by atoms with van der Waals surface area (Å²) < 4.78 is 0. The van der Waals surface area contributed by atoms with Crippen LogP contribution in [0.15, 0.2) is 36.2 Å². The van der Waals surface area contributed by atoms with Gasteiger partial charge in [0.2, 0.25) is 0 Å². The fourth-order valence-corrected chi connectivity index (χ4v) is 2.16. The Morgan fingerprint density at radius 2 is 1.95 bits per heavy atom. The molecule has 0 aromatic heterocycles. The largest absolute Gasteiger partial charge is 0.357 e. The first-order chi connectivity index (χ1) is 9.69. The highest BCUT2D eigenvalue weighted by Gasteiger charge is 2.16. The minimum atomic E-state index is -0.374. The molecule has 0 aliphatic carbocycles. The molecule has 2 amide bonds. The normalized spacial score (nSPS) is 14.8. The molecule has 1 aliphatic rings. The molecule has 0 atom stereocenters. The summed E-state index contributed by atoms with van der Waals surface area (Å²) in [6.07, 6.45) is 3.50. The molecule has 0 bridgehead atoms. The second kappa shape index (κ2) is 6.83. The number of carbonyl (C=O) groups is 1. The van der Waals surface area contributed by atoms with Crippen molar-refractivity contribution in [3.8, 4) is 6.07 Å². The van der Waals surface area contributed by atoms with Gasteiger partial charge in [0.1, 0.15) is 5.82 Å². The molecule has 0 radical (unpaired) electrons. The van der Waals surface area contributed by atoms with Crippen molar-refractivity contribution in [2.75, 3.05) is 18.4 Å². The average Bonchev–Trinajstić information content (AvgIpc) is 2.95. The van der Waals surface area contributed by atoms with Crippen LogP contribution in [0, 0.1) is 11.3 Å². The van der Waals surface area contributed by atoms with E-state index in [0.29, 0.717) is 16.5 Å². The molecular weight excluding hydrogens is 276 g/mol. The third-order valence-corrected chi connectivity index (χ3v) is 3.24. The van der Waals surface area contributed by atoms with E-state index in [4.69, 9.17) is 16.9 Å². The number of halogens is 1. The molecule has 1 saturated heterocycles. The number of nitrogens with one attached hydrogen (secondary N) is 2. The van der Waals surface area contributed by atoms with E-state index in [1.165, 1.54) is 6.08 Å². The highest BCUT2D eigenvalue weighted by molar-refractivity contribution is 6.30. The summed E-state index contributed by atoms with van der Waals surface area (Å²) >= 11 is 5.78. The number of nitrogens with zero attached hydrogens (tertiary/aromatic N) is 2. The van der Waals surface area contributed by atoms with Crippen LogP contribution in [0.25, 0.3) is 0 Å². The number of allylic oxidation sites excluding steroid dienone is 1. The molecule has 1 aliphatic heterocycles. The highest BCUT2D eigenvalue weighted by Crippen LogP contribution is 2.15. The first kappa shape index (κ1) is 14.2. The molecule has 104 valence electrons. The smallest absolute Gasteiger partial charge is 0.324 e. The van der Waals surface area contributed by atoms with Crippen LogP contribution in [0.4, 0.5) is 10.5 Å². The number of hydrogen-bond donors (Lipinski definition) is 2. The van der Waals surface area contributed by atoms with Crippen molar-refractivity contribution in [2.45, 2.75) is 12.8 Å². The molecule has 5 nitrogen and oxygen atoms in total. The highest BCUT2D eigenvalue weighted by atomic mass is 35.5. The number of rotatable bonds is 3. The minimum absolute atomic E-state index is 0.374. The second-order valence-electron chi connectivity index (χ2n) is 4.44. The molecule has 0 unspecified atom stereocenters. The Morgan fingerprint density at radius 1 is 1.30 bits per heavy atom. The van der Waals surface area contributed by atoms with Crippen LogP contribution in [-0.4, -0.2) is 24.0 Å². The maximum Gasteiger partial charge on any atom is 0.324 e. The number of amides is 2. The van der Waals surface area contributed by atoms with E-state index < -0.39 is 0 Å². The van der Waals surface area contributed by atoms with Gasteiger partial charge >= 0.3 is 6.03 Å². The Balaban J connectivity index is 1.96. The van der Waals surface area contributed by atoms with Gasteiger partial charge in [0, 0.05) is 23.8 Å². The lowest BCUT2D eigenvalue weighted by Gasteiger charge is -2.21. The molecule has 0 saturated carbocycles. The number of anilines is 1. The van der Waals surface area contributed by atoms with Gasteiger partial charge in [-0.15, -0.1) is 0 Å². The number of benzene rings is 1. The first-order valence-electron chi connectivity index (χ1n) is 6.37. The molecule has 1 heterocycles. The Kier molecular flexibility index (Phi) is 4.85. The Hall–Kier alpha value is -2.19. The van der Waals surface area contributed by atoms with Crippen LogP contribution in [0.3, 0.4) is 0 Å². The zero-order valence-corrected chi connectivity index (χ0v) is 11.7. The summed E-state index contributed by atoms with van der Waals surface area (Å²) in [6.45, 7) is 1.71. The van der Waals surface area contributed by atoms with E-state index in [0.717, 1.165) is 25.9 Å². The molecule has 1 fully saturated rings. The van der Waals surface area contributed by atoms with Crippen molar-refractivity contribution in [2.24, 2.45) is 0 Å². The molecule has 0 spiro atoms. The Morgan fingerprint density at radius 3 is 2.55 bits per heavy atom. The number of likely N-dealkylation sites (tertiary alicyclic amines) is 1. The Labute approximate surface area is 122 Å². The fourth-order valence-electron chi connectivity index (χ4n) is 2.04. The van der Waals surface area contributed by atoms with Gasteiger partial charge in [-0.25, -0.2) is 4.79 Å². The van der Waals surface area contributed by atoms with Crippen molar-refractivity contribution in [1.29, 1.82) is 5.26 Å². The van der Waals surface area contributed by atoms with E-state index in [9.17, 15) is 4.79 Å². The third-order valence-electron chi connectivity index (χ3n) is 2.99. The summed E-state index contributed by atoms with van der Waals surface area (Å²) in [5, 5.41) is 14.8. The maximum absolute atomic E-state index is 11.9. The maximum atomic E-state index is 11.9. The van der Waals surface area contributed by atoms with Crippen molar-refractivity contribution in [3.05, 3.63) is 41.2 Å².